The highest BCUT2D eigenvalue weighted by Crippen LogP contribution is 2.15. The summed E-state index contributed by atoms with van der Waals surface area (Å²) in [5.41, 5.74) is 8.87. The van der Waals surface area contributed by atoms with Crippen LogP contribution in [0.5, 0.6) is 0 Å². The number of hydrogen-bond acceptors (Lipinski definition) is 6. The summed E-state index contributed by atoms with van der Waals surface area (Å²) in [5, 5.41) is 2.42. The van der Waals surface area contributed by atoms with E-state index in [0.717, 1.165) is 5.69 Å². The van der Waals surface area contributed by atoms with Gasteiger partial charge in [-0.2, -0.15) is 4.99 Å². The lowest BCUT2D eigenvalue weighted by molar-refractivity contribution is -0.115. The van der Waals surface area contributed by atoms with Gasteiger partial charge in [0.1, 0.15) is 5.82 Å². The van der Waals surface area contributed by atoms with Gasteiger partial charge in [-0.05, 0) is 19.4 Å². The molecule has 0 aliphatic carbocycles. The molecule has 0 radical (unpaired) electrons. The number of nitrogens with zero attached hydrogens (tertiary/aromatic N) is 4. The molecule has 6 nitrogen and oxygen atoms in total. The van der Waals surface area contributed by atoms with E-state index < -0.39 is 0 Å². The molecule has 1 amide bonds. The summed E-state index contributed by atoms with van der Waals surface area (Å²) in [6, 6.07) is 10.0. The van der Waals surface area contributed by atoms with Crippen molar-refractivity contribution in [2.75, 3.05) is 11.5 Å². The first-order valence-corrected chi connectivity index (χ1v) is 9.87. The highest BCUT2D eigenvalue weighted by molar-refractivity contribution is 7.99. The fourth-order valence-corrected chi connectivity index (χ4v) is 3.73. The first kappa shape index (κ1) is 18.3. The quantitative estimate of drug-likeness (QED) is 0.539. The summed E-state index contributed by atoms with van der Waals surface area (Å²) < 4.78 is 1.97. The second-order valence-electron chi connectivity index (χ2n) is 5.81. The van der Waals surface area contributed by atoms with E-state index in [9.17, 15) is 4.79 Å². The van der Waals surface area contributed by atoms with Crippen molar-refractivity contribution in [2.45, 2.75) is 25.5 Å². The third-order valence-electron chi connectivity index (χ3n) is 3.53. The van der Waals surface area contributed by atoms with Gasteiger partial charge in [0.15, 0.2) is 9.96 Å². The Morgan fingerprint density at radius 2 is 2.04 bits per heavy atom. The average Bonchev–Trinajstić information content (AvgIpc) is 3.01. The number of aryl methyl sites for hydroxylation is 2. The van der Waals surface area contributed by atoms with E-state index in [-0.39, 0.29) is 11.7 Å². The van der Waals surface area contributed by atoms with Crippen molar-refractivity contribution in [3.05, 3.63) is 63.5 Å². The van der Waals surface area contributed by atoms with Gasteiger partial charge in [-0.3, -0.25) is 4.79 Å². The third-order valence-corrected chi connectivity index (χ3v) is 5.16. The maximum Gasteiger partial charge on any atom is 0.258 e. The molecule has 2 aromatic heterocycles. The second kappa shape index (κ2) is 8.29. The van der Waals surface area contributed by atoms with Gasteiger partial charge in [0, 0.05) is 29.9 Å². The highest BCUT2D eigenvalue weighted by atomic mass is 32.2. The van der Waals surface area contributed by atoms with Crippen molar-refractivity contribution >= 4 is 34.8 Å². The number of thiazole rings is 1. The van der Waals surface area contributed by atoms with E-state index in [0.29, 0.717) is 22.3 Å². The molecule has 0 saturated heterocycles. The van der Waals surface area contributed by atoms with Crippen LogP contribution in [0.2, 0.25) is 0 Å². The van der Waals surface area contributed by atoms with Crippen LogP contribution in [0, 0.1) is 13.8 Å². The molecule has 3 rings (SSSR count). The minimum absolute atomic E-state index is 0.172. The number of amides is 1. The Morgan fingerprint density at radius 3 is 2.77 bits per heavy atom. The average molecular weight is 386 g/mol. The Morgan fingerprint density at radius 1 is 1.27 bits per heavy atom. The summed E-state index contributed by atoms with van der Waals surface area (Å²) in [6.45, 7) is 4.58. The molecular formula is C18H19N5OS2. The number of carbonyl (C=O) groups excluding carboxylic acids is 1. The Bertz CT molecular complexity index is 955. The second-order valence-corrected chi connectivity index (χ2v) is 7.63. The fourth-order valence-electron chi connectivity index (χ4n) is 2.29. The van der Waals surface area contributed by atoms with E-state index in [2.05, 4.69) is 46.1 Å². The summed E-state index contributed by atoms with van der Waals surface area (Å²) in [4.78, 5) is 25.5. The number of aromatic nitrogens is 3. The predicted molar refractivity (Wildman–Crippen MR) is 105 cm³/mol. The summed E-state index contributed by atoms with van der Waals surface area (Å²) in [6.07, 6.45) is 1.94. The van der Waals surface area contributed by atoms with Gasteiger partial charge >= 0.3 is 0 Å². The van der Waals surface area contributed by atoms with Gasteiger partial charge in [-0.1, -0.05) is 41.6 Å². The Hall–Kier alpha value is -2.45. The number of benzene rings is 1. The smallest absolute Gasteiger partial charge is 0.258 e. The first-order valence-electron chi connectivity index (χ1n) is 8.00. The van der Waals surface area contributed by atoms with Crippen molar-refractivity contribution in [1.29, 1.82) is 0 Å². The number of nitrogen functional groups attached to an aromatic ring is 1. The molecule has 2 N–H and O–H groups in total. The Labute approximate surface area is 159 Å². The van der Waals surface area contributed by atoms with Crippen LogP contribution in [0.3, 0.4) is 0 Å². The lowest BCUT2D eigenvalue weighted by Gasteiger charge is -2.04. The molecule has 0 aliphatic heterocycles. The number of thioether (sulfide) groups is 1. The molecule has 0 atom stereocenters. The van der Waals surface area contributed by atoms with Gasteiger partial charge in [0.05, 0.1) is 5.75 Å². The van der Waals surface area contributed by atoms with Crippen molar-refractivity contribution in [3.63, 3.8) is 0 Å². The molecule has 0 aliphatic rings. The lowest BCUT2D eigenvalue weighted by atomic mass is 10.1. The van der Waals surface area contributed by atoms with Crippen LogP contribution >= 0.6 is 23.1 Å². The molecule has 3 aromatic rings. The van der Waals surface area contributed by atoms with Crippen LogP contribution in [0.4, 0.5) is 5.82 Å². The number of hydrogen-bond donors (Lipinski definition) is 1. The van der Waals surface area contributed by atoms with Gasteiger partial charge < -0.3 is 10.3 Å². The molecule has 0 fully saturated rings. The van der Waals surface area contributed by atoms with Crippen molar-refractivity contribution in [2.24, 2.45) is 4.99 Å². The third kappa shape index (κ3) is 5.03. The van der Waals surface area contributed by atoms with Crippen molar-refractivity contribution in [3.8, 4) is 0 Å². The molecule has 0 bridgehead atoms. The lowest BCUT2D eigenvalue weighted by Crippen LogP contribution is -2.17. The van der Waals surface area contributed by atoms with Crippen LogP contribution in [0.25, 0.3) is 0 Å². The molecule has 2 heterocycles. The zero-order valence-electron chi connectivity index (χ0n) is 14.5. The standard InChI is InChI=1S/C18H19N5OS2/c1-12-3-5-14(6-4-12)10-23-7-8-25-18(23)22-16(24)11-26-17-20-13(2)9-15(19)21-17/h3-9H,10-11H2,1-2H3,(H2,19,20,21). The molecule has 0 unspecified atom stereocenters. The minimum Gasteiger partial charge on any atom is -0.384 e. The molecule has 1 aromatic carbocycles. The molecular weight excluding hydrogens is 366 g/mol. The summed E-state index contributed by atoms with van der Waals surface area (Å²) in [5.74, 6) is 0.350. The van der Waals surface area contributed by atoms with E-state index in [4.69, 9.17) is 5.73 Å². The molecule has 134 valence electrons. The monoisotopic (exact) mass is 385 g/mol. The topological polar surface area (TPSA) is 86.2 Å². The van der Waals surface area contributed by atoms with Crippen LogP contribution < -0.4 is 10.5 Å². The number of anilines is 1. The summed E-state index contributed by atoms with van der Waals surface area (Å²) in [7, 11) is 0. The maximum atomic E-state index is 12.2. The normalized spacial score (nSPS) is 11.7. The van der Waals surface area contributed by atoms with Crippen LogP contribution in [0.1, 0.15) is 16.8 Å². The molecule has 26 heavy (non-hydrogen) atoms. The van der Waals surface area contributed by atoms with E-state index in [1.165, 1.54) is 34.2 Å². The number of rotatable bonds is 5. The Balaban J connectivity index is 1.68. The molecule has 0 spiro atoms. The van der Waals surface area contributed by atoms with Crippen LogP contribution in [0.15, 0.2) is 52.1 Å². The predicted octanol–water partition coefficient (Wildman–Crippen LogP) is 2.81. The van der Waals surface area contributed by atoms with Gasteiger partial charge in [-0.25, -0.2) is 9.97 Å². The van der Waals surface area contributed by atoms with Crippen molar-refractivity contribution in [1.82, 2.24) is 14.5 Å². The molecule has 0 saturated carbocycles. The van der Waals surface area contributed by atoms with E-state index in [1.54, 1.807) is 6.07 Å². The zero-order valence-corrected chi connectivity index (χ0v) is 16.2. The van der Waals surface area contributed by atoms with Crippen LogP contribution in [-0.2, 0) is 11.3 Å². The Kier molecular flexibility index (Phi) is 5.85. The molecule has 8 heteroatoms. The SMILES string of the molecule is Cc1ccc(Cn2ccsc2=NC(=O)CSc2nc(C)cc(N)n2)cc1. The van der Waals surface area contributed by atoms with E-state index >= 15 is 0 Å². The highest BCUT2D eigenvalue weighted by Gasteiger charge is 2.07. The van der Waals surface area contributed by atoms with Crippen molar-refractivity contribution < 1.29 is 4.79 Å². The van der Waals surface area contributed by atoms with Gasteiger partial charge in [-0.15, -0.1) is 11.3 Å². The number of nitrogens with two attached hydrogens (primary N) is 1. The first-order chi connectivity index (χ1) is 12.5. The zero-order chi connectivity index (χ0) is 18.5. The fraction of sp³-hybridized carbons (Fsp3) is 0.222. The van der Waals surface area contributed by atoms with Gasteiger partial charge in [0.25, 0.3) is 5.91 Å². The maximum absolute atomic E-state index is 12.2. The van der Waals surface area contributed by atoms with Gasteiger partial charge in [0.2, 0.25) is 0 Å². The number of carbonyl (C=O) groups is 1. The summed E-state index contributed by atoms with van der Waals surface area (Å²) >= 11 is 2.68. The van der Waals surface area contributed by atoms with Crippen LogP contribution in [-0.4, -0.2) is 26.2 Å². The minimum atomic E-state index is -0.223. The largest absolute Gasteiger partial charge is 0.384 e. The van der Waals surface area contributed by atoms with E-state index in [1.807, 2.05) is 23.1 Å².